The van der Waals surface area contributed by atoms with Gasteiger partial charge in [0.25, 0.3) is 0 Å². The predicted octanol–water partition coefficient (Wildman–Crippen LogP) is 1.86. The SMILES string of the molecule is O=C1Cc2ccc(N3C(=O)C4CCCCC4C3=O)cc2N1. The molecular formula is C16H16N2O3. The van der Waals surface area contributed by atoms with Crippen LogP contribution in [-0.2, 0) is 20.8 Å². The van der Waals surface area contributed by atoms with Gasteiger partial charge in [0.2, 0.25) is 17.7 Å². The minimum absolute atomic E-state index is 0.0464. The molecule has 5 nitrogen and oxygen atoms in total. The van der Waals surface area contributed by atoms with E-state index >= 15 is 0 Å². The number of amides is 3. The fourth-order valence-electron chi connectivity index (χ4n) is 3.76. The minimum atomic E-state index is -0.144. The highest BCUT2D eigenvalue weighted by molar-refractivity contribution is 6.22. The van der Waals surface area contributed by atoms with Crippen molar-refractivity contribution in [3.05, 3.63) is 23.8 Å². The van der Waals surface area contributed by atoms with Crippen LogP contribution in [0.4, 0.5) is 11.4 Å². The van der Waals surface area contributed by atoms with Gasteiger partial charge in [0.05, 0.1) is 23.9 Å². The zero-order chi connectivity index (χ0) is 14.6. The van der Waals surface area contributed by atoms with Gasteiger partial charge >= 0.3 is 0 Å². The van der Waals surface area contributed by atoms with Crippen molar-refractivity contribution < 1.29 is 14.4 Å². The quantitative estimate of drug-likeness (QED) is 0.800. The summed E-state index contributed by atoms with van der Waals surface area (Å²) in [5.74, 6) is -0.485. The summed E-state index contributed by atoms with van der Waals surface area (Å²) in [6.45, 7) is 0. The number of hydrogen-bond donors (Lipinski definition) is 1. The van der Waals surface area contributed by atoms with Crippen LogP contribution in [0.1, 0.15) is 31.2 Å². The third-order valence-corrected chi connectivity index (χ3v) is 4.82. The molecule has 2 unspecified atom stereocenters. The van der Waals surface area contributed by atoms with Crippen LogP contribution in [0.2, 0.25) is 0 Å². The Morgan fingerprint density at radius 1 is 1.00 bits per heavy atom. The van der Waals surface area contributed by atoms with Gasteiger partial charge in [-0.15, -0.1) is 0 Å². The van der Waals surface area contributed by atoms with Gasteiger partial charge in [0, 0.05) is 5.69 Å². The first-order valence-electron chi connectivity index (χ1n) is 7.46. The van der Waals surface area contributed by atoms with Crippen molar-refractivity contribution in [2.75, 3.05) is 10.2 Å². The molecule has 1 N–H and O–H groups in total. The average molecular weight is 284 g/mol. The lowest BCUT2D eigenvalue weighted by molar-refractivity contribution is -0.122. The third-order valence-electron chi connectivity index (χ3n) is 4.82. The first-order valence-corrected chi connectivity index (χ1v) is 7.46. The Hall–Kier alpha value is -2.17. The van der Waals surface area contributed by atoms with E-state index in [0.717, 1.165) is 31.2 Å². The highest BCUT2D eigenvalue weighted by Crippen LogP contribution is 2.41. The van der Waals surface area contributed by atoms with Crippen molar-refractivity contribution in [3.63, 3.8) is 0 Å². The van der Waals surface area contributed by atoms with E-state index in [0.29, 0.717) is 17.8 Å². The summed E-state index contributed by atoms with van der Waals surface area (Å²) in [6.07, 6.45) is 4.03. The van der Waals surface area contributed by atoms with E-state index < -0.39 is 0 Å². The molecule has 1 saturated heterocycles. The molecule has 2 fully saturated rings. The van der Waals surface area contributed by atoms with Crippen molar-refractivity contribution in [2.45, 2.75) is 32.1 Å². The molecule has 21 heavy (non-hydrogen) atoms. The fourth-order valence-corrected chi connectivity index (χ4v) is 3.76. The normalized spacial score (nSPS) is 27.6. The number of fused-ring (bicyclic) bond motifs is 2. The monoisotopic (exact) mass is 284 g/mol. The molecular weight excluding hydrogens is 268 g/mol. The molecule has 3 aliphatic rings. The number of benzene rings is 1. The van der Waals surface area contributed by atoms with Crippen LogP contribution < -0.4 is 10.2 Å². The van der Waals surface area contributed by atoms with E-state index in [4.69, 9.17) is 0 Å². The van der Waals surface area contributed by atoms with Gasteiger partial charge in [-0.05, 0) is 30.5 Å². The van der Waals surface area contributed by atoms with Gasteiger partial charge in [-0.1, -0.05) is 18.9 Å². The van der Waals surface area contributed by atoms with E-state index in [2.05, 4.69) is 5.32 Å². The van der Waals surface area contributed by atoms with Crippen molar-refractivity contribution in [1.29, 1.82) is 0 Å². The van der Waals surface area contributed by atoms with E-state index in [1.165, 1.54) is 4.90 Å². The maximum Gasteiger partial charge on any atom is 0.237 e. The number of imide groups is 1. The van der Waals surface area contributed by atoms with Crippen LogP contribution >= 0.6 is 0 Å². The second kappa shape index (κ2) is 4.41. The lowest BCUT2D eigenvalue weighted by Crippen LogP contribution is -2.30. The van der Waals surface area contributed by atoms with Crippen LogP contribution in [0, 0.1) is 11.8 Å². The maximum absolute atomic E-state index is 12.5. The lowest BCUT2D eigenvalue weighted by atomic mass is 9.81. The second-order valence-electron chi connectivity index (χ2n) is 6.08. The Balaban J connectivity index is 1.70. The zero-order valence-electron chi connectivity index (χ0n) is 11.6. The molecule has 5 heteroatoms. The molecule has 1 saturated carbocycles. The van der Waals surface area contributed by atoms with E-state index in [-0.39, 0.29) is 29.6 Å². The number of anilines is 2. The Kier molecular flexibility index (Phi) is 2.64. The summed E-state index contributed by atoms with van der Waals surface area (Å²) in [5.41, 5.74) is 2.22. The Bertz CT molecular complexity index is 643. The molecule has 108 valence electrons. The third kappa shape index (κ3) is 1.80. The maximum atomic E-state index is 12.5. The van der Waals surface area contributed by atoms with Crippen LogP contribution in [0.25, 0.3) is 0 Å². The first-order chi connectivity index (χ1) is 10.1. The molecule has 2 heterocycles. The summed E-state index contributed by atoms with van der Waals surface area (Å²) < 4.78 is 0. The number of hydrogen-bond acceptors (Lipinski definition) is 3. The zero-order valence-corrected chi connectivity index (χ0v) is 11.6. The number of nitrogens with one attached hydrogen (secondary N) is 1. The molecule has 0 spiro atoms. The number of carbonyl (C=O) groups is 3. The van der Waals surface area contributed by atoms with E-state index in [1.54, 1.807) is 12.1 Å². The van der Waals surface area contributed by atoms with Crippen LogP contribution in [-0.4, -0.2) is 17.7 Å². The van der Waals surface area contributed by atoms with E-state index in [9.17, 15) is 14.4 Å². The fraction of sp³-hybridized carbons (Fsp3) is 0.438. The Labute approximate surface area is 122 Å². The van der Waals surface area contributed by atoms with Gasteiger partial charge in [0.1, 0.15) is 0 Å². The molecule has 0 aromatic heterocycles. The van der Waals surface area contributed by atoms with Crippen molar-refractivity contribution >= 4 is 29.1 Å². The number of nitrogens with zero attached hydrogens (tertiary/aromatic N) is 1. The second-order valence-corrected chi connectivity index (χ2v) is 6.08. The molecule has 1 aromatic carbocycles. The Morgan fingerprint density at radius 2 is 1.67 bits per heavy atom. The summed E-state index contributed by atoms with van der Waals surface area (Å²) in [6, 6.07) is 5.34. The number of rotatable bonds is 1. The smallest absolute Gasteiger partial charge is 0.237 e. The first kappa shape index (κ1) is 12.6. The van der Waals surface area contributed by atoms with Crippen LogP contribution in [0.3, 0.4) is 0 Å². The summed E-state index contributed by atoms with van der Waals surface area (Å²) in [7, 11) is 0. The number of carbonyl (C=O) groups excluding carboxylic acids is 3. The van der Waals surface area contributed by atoms with Gasteiger partial charge in [-0.2, -0.15) is 0 Å². The minimum Gasteiger partial charge on any atom is -0.325 e. The van der Waals surface area contributed by atoms with Gasteiger partial charge in [0.15, 0.2) is 0 Å². The van der Waals surface area contributed by atoms with Crippen molar-refractivity contribution in [2.24, 2.45) is 11.8 Å². The molecule has 1 aliphatic carbocycles. The molecule has 0 radical (unpaired) electrons. The van der Waals surface area contributed by atoms with Crippen LogP contribution in [0.15, 0.2) is 18.2 Å². The molecule has 2 atom stereocenters. The predicted molar refractivity (Wildman–Crippen MR) is 76.7 cm³/mol. The van der Waals surface area contributed by atoms with Crippen molar-refractivity contribution in [3.8, 4) is 0 Å². The topological polar surface area (TPSA) is 66.5 Å². The van der Waals surface area contributed by atoms with Crippen LogP contribution in [0.5, 0.6) is 0 Å². The average Bonchev–Trinajstić information content (AvgIpc) is 2.97. The van der Waals surface area contributed by atoms with E-state index in [1.807, 2.05) is 6.07 Å². The highest BCUT2D eigenvalue weighted by atomic mass is 16.2. The molecule has 1 aromatic rings. The Morgan fingerprint density at radius 3 is 2.33 bits per heavy atom. The summed E-state index contributed by atoms with van der Waals surface area (Å²) >= 11 is 0. The molecule has 0 bridgehead atoms. The highest BCUT2D eigenvalue weighted by Gasteiger charge is 2.48. The van der Waals surface area contributed by atoms with Gasteiger partial charge < -0.3 is 5.32 Å². The lowest BCUT2D eigenvalue weighted by Gasteiger charge is -2.19. The van der Waals surface area contributed by atoms with Gasteiger partial charge in [-0.25, -0.2) is 4.90 Å². The standard InChI is InChI=1S/C16H16N2O3/c19-14-7-9-5-6-10(8-13(9)17-14)18-15(20)11-3-1-2-4-12(11)16(18)21/h5-6,8,11-12H,1-4,7H2,(H,17,19). The molecule has 3 amide bonds. The molecule has 4 rings (SSSR count). The van der Waals surface area contributed by atoms with Gasteiger partial charge in [-0.3, -0.25) is 14.4 Å². The largest absolute Gasteiger partial charge is 0.325 e. The summed E-state index contributed by atoms with van der Waals surface area (Å²) in [5, 5.41) is 2.77. The summed E-state index contributed by atoms with van der Waals surface area (Å²) in [4.78, 5) is 37.8. The molecule has 2 aliphatic heterocycles. The van der Waals surface area contributed by atoms with Crippen molar-refractivity contribution in [1.82, 2.24) is 0 Å².